The average molecular weight is 336 g/mol. The summed E-state index contributed by atoms with van der Waals surface area (Å²) < 4.78 is 1.02. The van der Waals surface area contributed by atoms with Crippen LogP contribution in [0, 0.1) is 5.92 Å². The summed E-state index contributed by atoms with van der Waals surface area (Å²) in [4.78, 5) is 14.7. The molecule has 0 aromatic heterocycles. The summed E-state index contributed by atoms with van der Waals surface area (Å²) in [6, 6.07) is 6.23. The van der Waals surface area contributed by atoms with Crippen LogP contribution in [0.4, 0.5) is 5.69 Å². The maximum absolute atomic E-state index is 12.2. The minimum Gasteiger partial charge on any atom is -0.324 e. The van der Waals surface area contributed by atoms with Crippen LogP contribution in [0.15, 0.2) is 22.7 Å². The van der Waals surface area contributed by atoms with E-state index in [2.05, 4.69) is 31.5 Å². The molecule has 4 heterocycles. The van der Waals surface area contributed by atoms with Gasteiger partial charge in [-0.05, 0) is 50.0 Å². The number of nitrogens with one attached hydrogen (secondary N) is 2. The summed E-state index contributed by atoms with van der Waals surface area (Å²) in [6.07, 6.45) is 2.52. The lowest BCUT2D eigenvalue weighted by molar-refractivity contribution is -0.118. The minimum absolute atomic E-state index is 0.0783. The number of carbonyl (C=O) groups is 1. The highest BCUT2D eigenvalue weighted by Gasteiger charge is 2.39. The Bertz CT molecular complexity index is 554. The van der Waals surface area contributed by atoms with E-state index < -0.39 is 0 Å². The van der Waals surface area contributed by atoms with E-state index in [1.54, 1.807) is 0 Å². The Morgan fingerprint density at radius 1 is 1.30 bits per heavy atom. The van der Waals surface area contributed by atoms with Gasteiger partial charge in [0.2, 0.25) is 5.91 Å². The lowest BCUT2D eigenvalue weighted by Crippen LogP contribution is -2.57. The van der Waals surface area contributed by atoms with Crippen LogP contribution in [-0.4, -0.2) is 36.5 Å². The largest absolute Gasteiger partial charge is 0.324 e. The normalized spacial score (nSPS) is 35.0. The SMILES string of the molecule is O=C1Nc2ccc(Br)cc2C1NC1CN2CCC1CC2. The molecule has 0 aliphatic carbocycles. The van der Waals surface area contributed by atoms with Crippen molar-refractivity contribution in [2.75, 3.05) is 25.0 Å². The number of amides is 1. The predicted octanol–water partition coefficient (Wildman–Crippen LogP) is 2.13. The van der Waals surface area contributed by atoms with Gasteiger partial charge in [0, 0.05) is 28.3 Å². The van der Waals surface area contributed by atoms with Gasteiger partial charge in [0.1, 0.15) is 6.04 Å². The van der Waals surface area contributed by atoms with Crippen LogP contribution in [0.2, 0.25) is 0 Å². The Morgan fingerprint density at radius 2 is 2.10 bits per heavy atom. The minimum atomic E-state index is -0.201. The van der Waals surface area contributed by atoms with Gasteiger partial charge in [-0.3, -0.25) is 10.1 Å². The monoisotopic (exact) mass is 335 g/mol. The van der Waals surface area contributed by atoms with Crippen molar-refractivity contribution in [2.24, 2.45) is 5.92 Å². The quantitative estimate of drug-likeness (QED) is 0.870. The van der Waals surface area contributed by atoms with Gasteiger partial charge in [-0.1, -0.05) is 15.9 Å². The van der Waals surface area contributed by atoms with Gasteiger partial charge < -0.3 is 10.2 Å². The first-order chi connectivity index (χ1) is 9.70. The van der Waals surface area contributed by atoms with Crippen molar-refractivity contribution < 1.29 is 4.79 Å². The van der Waals surface area contributed by atoms with Gasteiger partial charge >= 0.3 is 0 Å². The van der Waals surface area contributed by atoms with E-state index in [4.69, 9.17) is 0 Å². The number of fused-ring (bicyclic) bond motifs is 4. The van der Waals surface area contributed by atoms with Crippen molar-refractivity contribution in [1.82, 2.24) is 10.2 Å². The fourth-order valence-corrected chi connectivity index (χ4v) is 4.14. The van der Waals surface area contributed by atoms with E-state index in [9.17, 15) is 4.79 Å². The van der Waals surface area contributed by atoms with Crippen LogP contribution in [0.1, 0.15) is 24.4 Å². The summed E-state index contributed by atoms with van der Waals surface area (Å²) in [5.41, 5.74) is 2.01. The molecule has 106 valence electrons. The molecule has 0 spiro atoms. The fraction of sp³-hybridized carbons (Fsp3) is 0.533. The number of piperidine rings is 3. The molecule has 3 saturated heterocycles. The number of halogens is 1. The molecular weight excluding hydrogens is 318 g/mol. The van der Waals surface area contributed by atoms with Crippen LogP contribution in [-0.2, 0) is 4.79 Å². The Kier molecular flexibility index (Phi) is 3.09. The number of hydrogen-bond donors (Lipinski definition) is 2. The summed E-state index contributed by atoms with van der Waals surface area (Å²) in [5, 5.41) is 6.58. The first kappa shape index (κ1) is 12.8. The molecule has 0 saturated carbocycles. The predicted molar refractivity (Wildman–Crippen MR) is 81.6 cm³/mol. The Hall–Kier alpha value is -0.910. The van der Waals surface area contributed by atoms with Gasteiger partial charge in [0.05, 0.1) is 0 Å². The Balaban J connectivity index is 1.57. The lowest BCUT2D eigenvalue weighted by atomic mass is 9.83. The molecule has 1 aromatic carbocycles. The highest BCUT2D eigenvalue weighted by molar-refractivity contribution is 9.10. The standard InChI is InChI=1S/C15H18BrN3O/c16-10-1-2-12-11(7-10)14(15(20)18-12)17-13-8-19-5-3-9(13)4-6-19/h1-2,7,9,13-14,17H,3-6,8H2,(H,18,20). The second kappa shape index (κ2) is 4.83. The molecule has 2 bridgehead atoms. The zero-order chi connectivity index (χ0) is 13.7. The Morgan fingerprint density at radius 3 is 2.80 bits per heavy atom. The molecule has 2 unspecified atom stereocenters. The number of hydrogen-bond acceptors (Lipinski definition) is 3. The fourth-order valence-electron chi connectivity index (χ4n) is 3.77. The topological polar surface area (TPSA) is 44.4 Å². The molecule has 4 nitrogen and oxygen atoms in total. The number of anilines is 1. The third-order valence-electron chi connectivity index (χ3n) is 4.88. The van der Waals surface area contributed by atoms with Gasteiger partial charge in [0.25, 0.3) is 0 Å². The van der Waals surface area contributed by atoms with Crippen molar-refractivity contribution in [3.8, 4) is 0 Å². The van der Waals surface area contributed by atoms with Crippen molar-refractivity contribution in [2.45, 2.75) is 24.9 Å². The smallest absolute Gasteiger partial charge is 0.246 e. The van der Waals surface area contributed by atoms with Crippen molar-refractivity contribution in [3.05, 3.63) is 28.2 Å². The lowest BCUT2D eigenvalue weighted by Gasteiger charge is -2.45. The van der Waals surface area contributed by atoms with Crippen LogP contribution >= 0.6 is 15.9 Å². The van der Waals surface area contributed by atoms with E-state index in [0.29, 0.717) is 6.04 Å². The van der Waals surface area contributed by atoms with Crippen molar-refractivity contribution in [1.29, 1.82) is 0 Å². The molecule has 2 N–H and O–H groups in total. The third kappa shape index (κ3) is 2.08. The van der Waals surface area contributed by atoms with Crippen molar-refractivity contribution >= 4 is 27.5 Å². The highest BCUT2D eigenvalue weighted by Crippen LogP contribution is 2.35. The highest BCUT2D eigenvalue weighted by atomic mass is 79.9. The first-order valence-electron chi connectivity index (χ1n) is 7.29. The van der Waals surface area contributed by atoms with E-state index in [-0.39, 0.29) is 11.9 Å². The summed E-state index contributed by atoms with van der Waals surface area (Å²) in [6.45, 7) is 3.53. The molecule has 4 aliphatic heterocycles. The molecule has 20 heavy (non-hydrogen) atoms. The van der Waals surface area contributed by atoms with E-state index in [1.165, 1.54) is 25.9 Å². The summed E-state index contributed by atoms with van der Waals surface area (Å²) in [7, 11) is 0. The van der Waals surface area contributed by atoms with E-state index in [0.717, 1.165) is 28.2 Å². The van der Waals surface area contributed by atoms with Crippen molar-refractivity contribution in [3.63, 3.8) is 0 Å². The average Bonchev–Trinajstić information content (AvgIpc) is 2.76. The number of carbonyl (C=O) groups excluding carboxylic acids is 1. The molecule has 1 amide bonds. The molecule has 4 aliphatic rings. The molecule has 3 fully saturated rings. The maximum atomic E-state index is 12.2. The van der Waals surface area contributed by atoms with Gasteiger partial charge in [-0.2, -0.15) is 0 Å². The van der Waals surface area contributed by atoms with E-state index >= 15 is 0 Å². The van der Waals surface area contributed by atoms with Crippen LogP contribution in [0.3, 0.4) is 0 Å². The number of nitrogens with zero attached hydrogens (tertiary/aromatic N) is 1. The number of benzene rings is 1. The molecule has 5 heteroatoms. The molecule has 5 rings (SSSR count). The third-order valence-corrected chi connectivity index (χ3v) is 5.37. The maximum Gasteiger partial charge on any atom is 0.246 e. The first-order valence-corrected chi connectivity index (χ1v) is 8.09. The molecule has 0 radical (unpaired) electrons. The second-order valence-corrected chi connectivity index (χ2v) is 6.98. The van der Waals surface area contributed by atoms with Crippen LogP contribution in [0.25, 0.3) is 0 Å². The van der Waals surface area contributed by atoms with Gasteiger partial charge in [-0.15, -0.1) is 0 Å². The summed E-state index contributed by atoms with van der Waals surface area (Å²) >= 11 is 3.50. The zero-order valence-corrected chi connectivity index (χ0v) is 12.8. The van der Waals surface area contributed by atoms with Crippen LogP contribution in [0.5, 0.6) is 0 Å². The van der Waals surface area contributed by atoms with Gasteiger partial charge in [-0.25, -0.2) is 0 Å². The number of rotatable bonds is 2. The zero-order valence-electron chi connectivity index (χ0n) is 11.2. The second-order valence-electron chi connectivity index (χ2n) is 6.07. The molecule has 1 aromatic rings. The van der Waals surface area contributed by atoms with E-state index in [1.807, 2.05) is 18.2 Å². The van der Waals surface area contributed by atoms with Crippen LogP contribution < -0.4 is 10.6 Å². The Labute approximate surface area is 127 Å². The summed E-state index contributed by atoms with van der Waals surface area (Å²) in [5.74, 6) is 0.804. The molecule has 2 atom stereocenters. The van der Waals surface area contributed by atoms with Gasteiger partial charge in [0.15, 0.2) is 0 Å². The molecular formula is C15H18BrN3O.